The molecule has 2 fully saturated rings. The fourth-order valence-corrected chi connectivity index (χ4v) is 2.91. The number of hydrogen-bond acceptors (Lipinski definition) is 3. The number of nitrogens with zero attached hydrogens (tertiary/aromatic N) is 1. The molecule has 1 heterocycles. The van der Waals surface area contributed by atoms with E-state index in [2.05, 4.69) is 0 Å². The van der Waals surface area contributed by atoms with Crippen molar-refractivity contribution in [2.24, 2.45) is 11.8 Å². The predicted octanol–water partition coefficient (Wildman–Crippen LogP) is 1.47. The SMILES string of the molecule is O=C1C2CCC(C2)C(=O)N1c1ccc(CO)cc1. The van der Waals surface area contributed by atoms with E-state index in [1.807, 2.05) is 0 Å². The Labute approximate surface area is 105 Å². The third-order valence-corrected chi connectivity index (χ3v) is 3.95. The second-order valence-corrected chi connectivity index (χ2v) is 5.04. The molecule has 4 heteroatoms. The molecule has 0 spiro atoms. The van der Waals surface area contributed by atoms with Gasteiger partial charge in [-0.05, 0) is 37.0 Å². The van der Waals surface area contributed by atoms with Crippen LogP contribution in [0.4, 0.5) is 5.69 Å². The minimum Gasteiger partial charge on any atom is -0.392 e. The van der Waals surface area contributed by atoms with Crippen molar-refractivity contribution in [2.75, 3.05) is 4.90 Å². The van der Waals surface area contributed by atoms with Gasteiger partial charge in [0.25, 0.3) is 0 Å². The number of rotatable bonds is 2. The highest BCUT2D eigenvalue weighted by molar-refractivity contribution is 6.18. The van der Waals surface area contributed by atoms with Crippen molar-refractivity contribution < 1.29 is 14.7 Å². The molecule has 0 aromatic heterocycles. The van der Waals surface area contributed by atoms with Gasteiger partial charge >= 0.3 is 0 Å². The van der Waals surface area contributed by atoms with Crippen LogP contribution in [0.25, 0.3) is 0 Å². The molecule has 2 amide bonds. The van der Waals surface area contributed by atoms with Crippen molar-refractivity contribution in [3.63, 3.8) is 0 Å². The third-order valence-electron chi connectivity index (χ3n) is 3.95. The molecule has 2 bridgehead atoms. The second kappa shape index (κ2) is 4.21. The molecule has 94 valence electrons. The number of aliphatic hydroxyl groups excluding tert-OH is 1. The van der Waals surface area contributed by atoms with Gasteiger partial charge in [0.2, 0.25) is 11.8 Å². The van der Waals surface area contributed by atoms with Gasteiger partial charge in [0.1, 0.15) is 0 Å². The normalized spacial score (nSPS) is 26.8. The summed E-state index contributed by atoms with van der Waals surface area (Å²) in [6.45, 7) is -0.0343. The number of anilines is 1. The molecule has 1 aliphatic carbocycles. The first kappa shape index (κ1) is 11.4. The lowest BCUT2D eigenvalue weighted by Crippen LogP contribution is -2.46. The van der Waals surface area contributed by atoms with Crippen molar-refractivity contribution in [3.8, 4) is 0 Å². The molecule has 1 saturated carbocycles. The zero-order chi connectivity index (χ0) is 12.7. The highest BCUT2D eigenvalue weighted by atomic mass is 16.3. The Kier molecular flexibility index (Phi) is 2.67. The third kappa shape index (κ3) is 1.64. The summed E-state index contributed by atoms with van der Waals surface area (Å²) in [7, 11) is 0. The number of imide groups is 1. The number of benzene rings is 1. The lowest BCUT2D eigenvalue weighted by molar-refractivity contribution is -0.132. The van der Waals surface area contributed by atoms with Crippen LogP contribution < -0.4 is 4.90 Å². The summed E-state index contributed by atoms with van der Waals surface area (Å²) in [5, 5.41) is 8.99. The van der Waals surface area contributed by atoms with Gasteiger partial charge < -0.3 is 5.11 Å². The average molecular weight is 245 g/mol. The Bertz CT molecular complexity index is 472. The molecule has 3 rings (SSSR count). The molecule has 2 unspecified atom stereocenters. The van der Waals surface area contributed by atoms with E-state index in [-0.39, 0.29) is 30.3 Å². The van der Waals surface area contributed by atoms with Gasteiger partial charge in [0.15, 0.2) is 0 Å². The summed E-state index contributed by atoms with van der Waals surface area (Å²) in [5.41, 5.74) is 1.40. The Hall–Kier alpha value is -1.68. The largest absolute Gasteiger partial charge is 0.392 e. The molecule has 1 N–H and O–H groups in total. The summed E-state index contributed by atoms with van der Waals surface area (Å²) in [5.74, 6) is -0.0913. The van der Waals surface area contributed by atoms with Crippen LogP contribution in [0, 0.1) is 11.8 Å². The maximum absolute atomic E-state index is 12.2. The smallest absolute Gasteiger partial charge is 0.236 e. The molecule has 1 saturated heterocycles. The fraction of sp³-hybridized carbons (Fsp3) is 0.429. The van der Waals surface area contributed by atoms with E-state index in [9.17, 15) is 9.59 Å². The minimum atomic E-state index is -0.0644. The zero-order valence-electron chi connectivity index (χ0n) is 10.0. The molecule has 0 radical (unpaired) electrons. The summed E-state index contributed by atoms with van der Waals surface area (Å²) in [6, 6.07) is 6.94. The van der Waals surface area contributed by atoms with Crippen molar-refractivity contribution in [1.82, 2.24) is 0 Å². The summed E-state index contributed by atoms with van der Waals surface area (Å²) in [4.78, 5) is 25.7. The van der Waals surface area contributed by atoms with Gasteiger partial charge in [-0.3, -0.25) is 14.5 Å². The first-order valence-corrected chi connectivity index (χ1v) is 6.28. The highest BCUT2D eigenvalue weighted by Crippen LogP contribution is 2.39. The molecule has 1 aromatic rings. The van der Waals surface area contributed by atoms with Crippen LogP contribution in [0.2, 0.25) is 0 Å². The standard InChI is InChI=1S/C14H15NO3/c16-8-9-1-5-12(6-2-9)15-13(17)10-3-4-11(7-10)14(15)18/h1-2,5-6,10-11,16H,3-4,7-8H2. The van der Waals surface area contributed by atoms with Crippen molar-refractivity contribution in [2.45, 2.75) is 25.9 Å². The first-order chi connectivity index (χ1) is 8.70. The maximum atomic E-state index is 12.2. The van der Waals surface area contributed by atoms with Gasteiger partial charge in [-0.1, -0.05) is 12.1 Å². The van der Waals surface area contributed by atoms with E-state index in [1.54, 1.807) is 24.3 Å². The van der Waals surface area contributed by atoms with E-state index in [4.69, 9.17) is 5.11 Å². The van der Waals surface area contributed by atoms with Crippen LogP contribution in [0.1, 0.15) is 24.8 Å². The summed E-state index contributed by atoms with van der Waals surface area (Å²) >= 11 is 0. The van der Waals surface area contributed by atoms with Gasteiger partial charge in [0, 0.05) is 11.8 Å². The Morgan fingerprint density at radius 2 is 1.61 bits per heavy atom. The molecular formula is C14H15NO3. The highest BCUT2D eigenvalue weighted by Gasteiger charge is 2.45. The summed E-state index contributed by atoms with van der Waals surface area (Å²) in [6.07, 6.45) is 2.39. The van der Waals surface area contributed by atoms with E-state index in [0.29, 0.717) is 5.69 Å². The molecule has 4 nitrogen and oxygen atoms in total. The number of piperidine rings is 1. The maximum Gasteiger partial charge on any atom is 0.236 e. The van der Waals surface area contributed by atoms with Crippen LogP contribution >= 0.6 is 0 Å². The lowest BCUT2D eigenvalue weighted by Gasteiger charge is -2.29. The monoisotopic (exact) mass is 245 g/mol. The average Bonchev–Trinajstić information content (AvgIpc) is 2.85. The van der Waals surface area contributed by atoms with Crippen LogP contribution in [-0.2, 0) is 16.2 Å². The van der Waals surface area contributed by atoms with E-state index in [1.165, 1.54) is 4.90 Å². The Morgan fingerprint density at radius 1 is 1.06 bits per heavy atom. The predicted molar refractivity (Wildman–Crippen MR) is 65.7 cm³/mol. The number of amides is 2. The fourth-order valence-electron chi connectivity index (χ4n) is 2.91. The Balaban J connectivity index is 1.94. The molecule has 18 heavy (non-hydrogen) atoms. The lowest BCUT2D eigenvalue weighted by atomic mass is 9.96. The van der Waals surface area contributed by atoms with Crippen LogP contribution in [0.15, 0.2) is 24.3 Å². The van der Waals surface area contributed by atoms with E-state index in [0.717, 1.165) is 24.8 Å². The van der Waals surface area contributed by atoms with Crippen LogP contribution in [0.5, 0.6) is 0 Å². The summed E-state index contributed by atoms with van der Waals surface area (Å²) < 4.78 is 0. The van der Waals surface area contributed by atoms with Crippen molar-refractivity contribution >= 4 is 17.5 Å². The number of hydrogen-bond donors (Lipinski definition) is 1. The van der Waals surface area contributed by atoms with Gasteiger partial charge in [-0.2, -0.15) is 0 Å². The van der Waals surface area contributed by atoms with E-state index >= 15 is 0 Å². The first-order valence-electron chi connectivity index (χ1n) is 6.28. The minimum absolute atomic E-state index is 0.0187. The molecule has 1 aromatic carbocycles. The van der Waals surface area contributed by atoms with Gasteiger partial charge in [0.05, 0.1) is 12.3 Å². The number of fused-ring (bicyclic) bond motifs is 2. The zero-order valence-corrected chi connectivity index (χ0v) is 10.0. The van der Waals surface area contributed by atoms with Gasteiger partial charge in [-0.15, -0.1) is 0 Å². The number of carbonyl (C=O) groups is 2. The molecule has 2 atom stereocenters. The molecule has 2 aliphatic rings. The number of aliphatic hydroxyl groups is 1. The van der Waals surface area contributed by atoms with E-state index < -0.39 is 0 Å². The van der Waals surface area contributed by atoms with Crippen LogP contribution in [-0.4, -0.2) is 16.9 Å². The molecular weight excluding hydrogens is 230 g/mol. The van der Waals surface area contributed by atoms with Crippen molar-refractivity contribution in [1.29, 1.82) is 0 Å². The topological polar surface area (TPSA) is 57.6 Å². The van der Waals surface area contributed by atoms with Crippen molar-refractivity contribution in [3.05, 3.63) is 29.8 Å². The Morgan fingerprint density at radius 3 is 2.11 bits per heavy atom. The molecule has 1 aliphatic heterocycles. The quantitative estimate of drug-likeness (QED) is 0.803. The van der Waals surface area contributed by atoms with Crippen LogP contribution in [0.3, 0.4) is 0 Å². The number of carbonyl (C=O) groups excluding carboxylic acids is 2. The second-order valence-electron chi connectivity index (χ2n) is 5.04. The van der Waals surface area contributed by atoms with Gasteiger partial charge in [-0.25, -0.2) is 0 Å².